The first-order chi connectivity index (χ1) is 10.1. The zero-order valence-electron chi connectivity index (χ0n) is 11.4. The minimum atomic E-state index is -0.678. The van der Waals surface area contributed by atoms with E-state index in [4.69, 9.17) is 4.74 Å². The number of carbonyl (C=O) groups is 1. The summed E-state index contributed by atoms with van der Waals surface area (Å²) in [4.78, 5) is 22.0. The van der Waals surface area contributed by atoms with Crippen molar-refractivity contribution in [2.75, 3.05) is 5.32 Å². The summed E-state index contributed by atoms with van der Waals surface area (Å²) in [5.74, 6) is 0.275. The molecule has 0 aromatic heterocycles. The number of nitro groups is 1. The molecule has 1 atom stereocenters. The van der Waals surface area contributed by atoms with Gasteiger partial charge in [0.2, 0.25) is 0 Å². The number of non-ortho nitro benzene ring substituents is 1. The van der Waals surface area contributed by atoms with Gasteiger partial charge in [0.1, 0.15) is 5.75 Å². The first-order valence-electron chi connectivity index (χ1n) is 6.33. The lowest BCUT2D eigenvalue weighted by Crippen LogP contribution is -2.30. The number of nitrogens with zero attached hydrogens (tertiary/aromatic N) is 1. The summed E-state index contributed by atoms with van der Waals surface area (Å²) < 4.78 is 5.49. The number of amides is 1. The first-order valence-corrected chi connectivity index (χ1v) is 6.33. The fourth-order valence-corrected chi connectivity index (χ4v) is 1.67. The maximum absolute atomic E-state index is 12.0. The Labute approximate surface area is 121 Å². The molecule has 0 spiro atoms. The molecule has 6 heteroatoms. The van der Waals surface area contributed by atoms with Gasteiger partial charge in [-0.05, 0) is 31.2 Å². The zero-order chi connectivity index (χ0) is 15.2. The Morgan fingerprint density at radius 2 is 1.76 bits per heavy atom. The Hall–Kier alpha value is -2.89. The van der Waals surface area contributed by atoms with Gasteiger partial charge in [0.15, 0.2) is 6.10 Å². The number of benzene rings is 2. The molecule has 6 nitrogen and oxygen atoms in total. The molecule has 108 valence electrons. The van der Waals surface area contributed by atoms with Crippen LogP contribution in [0.2, 0.25) is 0 Å². The summed E-state index contributed by atoms with van der Waals surface area (Å²) in [6, 6.07) is 14.6. The van der Waals surface area contributed by atoms with Crippen LogP contribution in [0.1, 0.15) is 6.92 Å². The molecule has 1 N–H and O–H groups in total. The Bertz CT molecular complexity index is 626. The molecule has 0 fully saturated rings. The smallest absolute Gasteiger partial charge is 0.269 e. The highest BCUT2D eigenvalue weighted by Crippen LogP contribution is 2.16. The van der Waals surface area contributed by atoms with Crippen molar-refractivity contribution in [3.05, 3.63) is 64.7 Å². The van der Waals surface area contributed by atoms with Crippen molar-refractivity contribution in [3.8, 4) is 5.75 Å². The van der Waals surface area contributed by atoms with Crippen LogP contribution in [0.5, 0.6) is 5.75 Å². The Morgan fingerprint density at radius 1 is 1.14 bits per heavy atom. The minimum Gasteiger partial charge on any atom is -0.481 e. The van der Waals surface area contributed by atoms with Crippen LogP contribution in [-0.4, -0.2) is 16.9 Å². The summed E-state index contributed by atoms with van der Waals surface area (Å²) in [5.41, 5.74) is 0.454. The molecule has 0 radical (unpaired) electrons. The summed E-state index contributed by atoms with van der Waals surface area (Å²) in [5, 5.41) is 13.2. The Kier molecular flexibility index (Phi) is 4.50. The highest BCUT2D eigenvalue weighted by atomic mass is 16.6. The molecular weight excluding hydrogens is 272 g/mol. The molecule has 0 saturated heterocycles. The van der Waals surface area contributed by atoms with Crippen LogP contribution in [-0.2, 0) is 4.79 Å². The highest BCUT2D eigenvalue weighted by Gasteiger charge is 2.15. The molecule has 1 amide bonds. The molecule has 2 rings (SSSR count). The molecule has 0 bridgehead atoms. The number of ether oxygens (including phenoxy) is 1. The molecule has 0 saturated carbocycles. The van der Waals surface area contributed by atoms with Gasteiger partial charge in [0.05, 0.1) is 4.92 Å². The van der Waals surface area contributed by atoms with E-state index in [1.807, 2.05) is 18.2 Å². The van der Waals surface area contributed by atoms with E-state index in [1.165, 1.54) is 24.3 Å². The van der Waals surface area contributed by atoms with Crippen molar-refractivity contribution in [3.63, 3.8) is 0 Å². The van der Waals surface area contributed by atoms with E-state index in [-0.39, 0.29) is 11.6 Å². The van der Waals surface area contributed by atoms with Crippen LogP contribution in [0.15, 0.2) is 54.6 Å². The van der Waals surface area contributed by atoms with Crippen LogP contribution in [0.3, 0.4) is 0 Å². The van der Waals surface area contributed by atoms with Crippen LogP contribution in [0.4, 0.5) is 11.4 Å². The Balaban J connectivity index is 1.95. The monoisotopic (exact) mass is 286 g/mol. The van der Waals surface area contributed by atoms with Gasteiger partial charge in [0, 0.05) is 17.8 Å². The van der Waals surface area contributed by atoms with Crippen LogP contribution in [0, 0.1) is 10.1 Å². The molecule has 2 aromatic carbocycles. The van der Waals surface area contributed by atoms with Crippen molar-refractivity contribution >= 4 is 17.3 Å². The second-order valence-electron chi connectivity index (χ2n) is 4.37. The maximum Gasteiger partial charge on any atom is 0.269 e. The van der Waals surface area contributed by atoms with Crippen LogP contribution < -0.4 is 10.1 Å². The number of para-hydroxylation sites is 1. The molecule has 1 unspecified atom stereocenters. The van der Waals surface area contributed by atoms with E-state index in [0.717, 1.165) is 0 Å². The van der Waals surface area contributed by atoms with Gasteiger partial charge >= 0.3 is 0 Å². The summed E-state index contributed by atoms with van der Waals surface area (Å²) in [7, 11) is 0. The number of hydrogen-bond donors (Lipinski definition) is 1. The van der Waals surface area contributed by atoms with Crippen LogP contribution in [0.25, 0.3) is 0 Å². The number of carbonyl (C=O) groups excluding carboxylic acids is 1. The van der Waals surface area contributed by atoms with Gasteiger partial charge in [-0.3, -0.25) is 14.9 Å². The van der Waals surface area contributed by atoms with E-state index in [2.05, 4.69) is 5.32 Å². The molecule has 0 aliphatic rings. The average Bonchev–Trinajstić information content (AvgIpc) is 2.48. The lowest BCUT2D eigenvalue weighted by Gasteiger charge is -2.14. The predicted molar refractivity (Wildman–Crippen MR) is 78.3 cm³/mol. The van der Waals surface area contributed by atoms with Crippen LogP contribution >= 0.6 is 0 Å². The van der Waals surface area contributed by atoms with E-state index in [0.29, 0.717) is 11.4 Å². The molecule has 0 aliphatic carbocycles. The largest absolute Gasteiger partial charge is 0.481 e. The summed E-state index contributed by atoms with van der Waals surface area (Å²) >= 11 is 0. The third-order valence-corrected chi connectivity index (χ3v) is 2.77. The second-order valence-corrected chi connectivity index (χ2v) is 4.37. The first kappa shape index (κ1) is 14.5. The number of nitrogens with one attached hydrogen (secondary N) is 1. The van der Waals surface area contributed by atoms with E-state index < -0.39 is 11.0 Å². The number of anilines is 1. The zero-order valence-corrected chi connectivity index (χ0v) is 11.4. The highest BCUT2D eigenvalue weighted by molar-refractivity contribution is 5.94. The fourth-order valence-electron chi connectivity index (χ4n) is 1.67. The SMILES string of the molecule is CC(Oc1ccccc1)C(=O)Nc1ccc([N+](=O)[O-])cc1. The predicted octanol–water partition coefficient (Wildman–Crippen LogP) is 3.00. The molecular formula is C15H14N2O4. The number of rotatable bonds is 5. The molecule has 2 aromatic rings. The molecule has 0 aliphatic heterocycles. The third-order valence-electron chi connectivity index (χ3n) is 2.77. The lowest BCUT2D eigenvalue weighted by molar-refractivity contribution is -0.384. The summed E-state index contributed by atoms with van der Waals surface area (Å²) in [6.45, 7) is 1.63. The fraction of sp³-hybridized carbons (Fsp3) is 0.133. The van der Waals surface area contributed by atoms with Gasteiger partial charge in [0.25, 0.3) is 11.6 Å². The lowest BCUT2D eigenvalue weighted by atomic mass is 10.2. The van der Waals surface area contributed by atoms with E-state index in [1.54, 1.807) is 19.1 Å². The summed E-state index contributed by atoms with van der Waals surface area (Å²) in [6.07, 6.45) is -0.678. The Morgan fingerprint density at radius 3 is 2.33 bits per heavy atom. The maximum atomic E-state index is 12.0. The van der Waals surface area contributed by atoms with Crippen molar-refractivity contribution in [2.45, 2.75) is 13.0 Å². The van der Waals surface area contributed by atoms with Gasteiger partial charge in [-0.25, -0.2) is 0 Å². The van der Waals surface area contributed by atoms with Crippen molar-refractivity contribution in [1.29, 1.82) is 0 Å². The second kappa shape index (κ2) is 6.51. The normalized spacial score (nSPS) is 11.5. The van der Waals surface area contributed by atoms with Gasteiger partial charge in [-0.15, -0.1) is 0 Å². The topological polar surface area (TPSA) is 81.5 Å². The van der Waals surface area contributed by atoms with Gasteiger partial charge in [-0.1, -0.05) is 18.2 Å². The van der Waals surface area contributed by atoms with Crippen molar-refractivity contribution in [2.24, 2.45) is 0 Å². The average molecular weight is 286 g/mol. The minimum absolute atomic E-state index is 0.0263. The van der Waals surface area contributed by atoms with E-state index >= 15 is 0 Å². The van der Waals surface area contributed by atoms with Gasteiger partial charge in [-0.2, -0.15) is 0 Å². The van der Waals surface area contributed by atoms with Crippen molar-refractivity contribution < 1.29 is 14.5 Å². The number of nitro benzene ring substituents is 1. The molecule has 0 heterocycles. The third kappa shape index (κ3) is 4.04. The van der Waals surface area contributed by atoms with Gasteiger partial charge < -0.3 is 10.1 Å². The van der Waals surface area contributed by atoms with E-state index in [9.17, 15) is 14.9 Å². The van der Waals surface area contributed by atoms with Crippen molar-refractivity contribution in [1.82, 2.24) is 0 Å². The molecule has 21 heavy (non-hydrogen) atoms. The quantitative estimate of drug-likeness (QED) is 0.676. The standard InChI is InChI=1S/C15H14N2O4/c1-11(21-14-5-3-2-4-6-14)15(18)16-12-7-9-13(10-8-12)17(19)20/h2-11H,1H3,(H,16,18). The number of hydrogen-bond acceptors (Lipinski definition) is 4.